The Morgan fingerprint density at radius 3 is 2.75 bits per heavy atom. The van der Waals surface area contributed by atoms with Gasteiger partial charge in [-0.25, -0.2) is 0 Å². The standard InChI is InChI=1S/C15H18N2O3/c18-13(17-9-15(14(19)20)6-3-7-15)11-8-16-12-5-2-1-4-10(11)12/h1-2,4-5,11,16H,3,6-9H2,(H,17,18)(H,19,20). The second kappa shape index (κ2) is 4.81. The molecule has 0 radical (unpaired) electrons. The molecule has 0 bridgehead atoms. The summed E-state index contributed by atoms with van der Waals surface area (Å²) < 4.78 is 0. The summed E-state index contributed by atoms with van der Waals surface area (Å²) in [6, 6.07) is 7.74. The highest BCUT2D eigenvalue weighted by atomic mass is 16.4. The van der Waals surface area contributed by atoms with E-state index in [1.54, 1.807) is 0 Å². The van der Waals surface area contributed by atoms with Crippen molar-refractivity contribution in [3.05, 3.63) is 29.8 Å². The molecule has 5 nitrogen and oxygen atoms in total. The Bertz CT molecular complexity index is 552. The van der Waals surface area contributed by atoms with Gasteiger partial charge < -0.3 is 15.7 Å². The van der Waals surface area contributed by atoms with E-state index >= 15 is 0 Å². The van der Waals surface area contributed by atoms with Crippen LogP contribution in [0, 0.1) is 5.41 Å². The number of hydrogen-bond donors (Lipinski definition) is 3. The normalized spacial score (nSPS) is 22.3. The van der Waals surface area contributed by atoms with Crippen molar-refractivity contribution in [1.29, 1.82) is 0 Å². The fourth-order valence-electron chi connectivity index (χ4n) is 2.97. The number of nitrogens with one attached hydrogen (secondary N) is 2. The quantitative estimate of drug-likeness (QED) is 0.778. The summed E-state index contributed by atoms with van der Waals surface area (Å²) in [5.41, 5.74) is 1.24. The van der Waals surface area contributed by atoms with Gasteiger partial charge in [-0.15, -0.1) is 0 Å². The van der Waals surface area contributed by atoms with Gasteiger partial charge in [-0.1, -0.05) is 24.6 Å². The van der Waals surface area contributed by atoms with Gasteiger partial charge >= 0.3 is 5.97 Å². The van der Waals surface area contributed by atoms with E-state index in [9.17, 15) is 14.7 Å². The molecule has 20 heavy (non-hydrogen) atoms. The third-order valence-electron chi connectivity index (χ3n) is 4.51. The zero-order valence-corrected chi connectivity index (χ0v) is 11.2. The van der Waals surface area contributed by atoms with Gasteiger partial charge in [0.2, 0.25) is 5.91 Å². The van der Waals surface area contributed by atoms with E-state index in [1.165, 1.54) is 0 Å². The fourth-order valence-corrected chi connectivity index (χ4v) is 2.97. The minimum atomic E-state index is -0.797. The molecule has 5 heteroatoms. The Morgan fingerprint density at radius 1 is 1.35 bits per heavy atom. The van der Waals surface area contributed by atoms with Crippen LogP contribution in [0.3, 0.4) is 0 Å². The van der Waals surface area contributed by atoms with Gasteiger partial charge in [-0.2, -0.15) is 0 Å². The summed E-state index contributed by atoms with van der Waals surface area (Å²) in [5.74, 6) is -1.11. The fraction of sp³-hybridized carbons (Fsp3) is 0.467. The smallest absolute Gasteiger partial charge is 0.311 e. The Labute approximate surface area is 117 Å². The Hall–Kier alpha value is -2.04. The molecule has 1 unspecified atom stereocenters. The van der Waals surface area contributed by atoms with Gasteiger partial charge in [-0.05, 0) is 24.5 Å². The summed E-state index contributed by atoms with van der Waals surface area (Å²) in [6.45, 7) is 0.811. The number of rotatable bonds is 4. The molecule has 1 atom stereocenters. The lowest BCUT2D eigenvalue weighted by Gasteiger charge is -2.37. The van der Waals surface area contributed by atoms with E-state index in [0.717, 1.165) is 17.7 Å². The van der Waals surface area contributed by atoms with Crippen LogP contribution >= 0.6 is 0 Å². The maximum absolute atomic E-state index is 12.3. The largest absolute Gasteiger partial charge is 0.481 e. The molecule has 1 aliphatic carbocycles. The van der Waals surface area contributed by atoms with Crippen molar-refractivity contribution in [2.75, 3.05) is 18.4 Å². The number of fused-ring (bicyclic) bond motifs is 1. The van der Waals surface area contributed by atoms with Crippen molar-refractivity contribution in [2.24, 2.45) is 5.41 Å². The van der Waals surface area contributed by atoms with E-state index in [4.69, 9.17) is 0 Å². The molecular weight excluding hydrogens is 256 g/mol. The summed E-state index contributed by atoms with van der Waals surface area (Å²) >= 11 is 0. The van der Waals surface area contributed by atoms with Crippen LogP contribution in [0.1, 0.15) is 30.7 Å². The molecule has 1 aromatic rings. The number of carbonyl (C=O) groups excluding carboxylic acids is 1. The monoisotopic (exact) mass is 274 g/mol. The molecule has 3 N–H and O–H groups in total. The number of carbonyl (C=O) groups is 2. The first-order chi connectivity index (χ1) is 9.62. The molecule has 1 amide bonds. The predicted molar refractivity (Wildman–Crippen MR) is 74.6 cm³/mol. The second-order valence-electron chi connectivity index (χ2n) is 5.68. The average Bonchev–Trinajstić information content (AvgIpc) is 2.80. The molecule has 1 saturated carbocycles. The molecule has 1 fully saturated rings. The number of carboxylic acids is 1. The third-order valence-corrected chi connectivity index (χ3v) is 4.51. The maximum atomic E-state index is 12.3. The van der Waals surface area contributed by atoms with Gasteiger partial charge in [0.15, 0.2) is 0 Å². The van der Waals surface area contributed by atoms with Gasteiger partial charge in [-0.3, -0.25) is 9.59 Å². The first-order valence-electron chi connectivity index (χ1n) is 6.96. The Kier molecular flexibility index (Phi) is 3.12. The van der Waals surface area contributed by atoms with Crippen molar-refractivity contribution < 1.29 is 14.7 Å². The lowest BCUT2D eigenvalue weighted by molar-refractivity contribution is -0.154. The Balaban J connectivity index is 1.65. The lowest BCUT2D eigenvalue weighted by Crippen LogP contribution is -2.48. The van der Waals surface area contributed by atoms with E-state index in [0.29, 0.717) is 19.4 Å². The molecule has 1 aliphatic heterocycles. The van der Waals surface area contributed by atoms with Gasteiger partial charge in [0.25, 0.3) is 0 Å². The van der Waals surface area contributed by atoms with Crippen molar-refractivity contribution in [3.8, 4) is 0 Å². The van der Waals surface area contributed by atoms with E-state index in [1.807, 2.05) is 24.3 Å². The number of benzene rings is 1. The molecule has 0 saturated heterocycles. The van der Waals surface area contributed by atoms with Gasteiger partial charge in [0, 0.05) is 18.8 Å². The molecule has 106 valence electrons. The number of amides is 1. The second-order valence-corrected chi connectivity index (χ2v) is 5.68. The zero-order valence-electron chi connectivity index (χ0n) is 11.2. The van der Waals surface area contributed by atoms with Crippen molar-refractivity contribution in [1.82, 2.24) is 5.32 Å². The maximum Gasteiger partial charge on any atom is 0.311 e. The number of aliphatic carboxylic acids is 1. The van der Waals surface area contributed by atoms with Crippen LogP contribution in [0.25, 0.3) is 0 Å². The van der Waals surface area contributed by atoms with Crippen LogP contribution in [0.5, 0.6) is 0 Å². The molecule has 1 heterocycles. The SMILES string of the molecule is O=C(NCC1(C(=O)O)CCC1)C1CNc2ccccc21. The summed E-state index contributed by atoms with van der Waals surface area (Å²) in [6.07, 6.45) is 2.24. The van der Waals surface area contributed by atoms with Gasteiger partial charge in [0.05, 0.1) is 11.3 Å². The molecular formula is C15H18N2O3. The minimum absolute atomic E-state index is 0.0880. The third kappa shape index (κ3) is 2.03. The first kappa shape index (κ1) is 13.0. The molecule has 2 aliphatic rings. The highest BCUT2D eigenvalue weighted by molar-refractivity contribution is 5.88. The molecule has 0 spiro atoms. The van der Waals surface area contributed by atoms with Crippen molar-refractivity contribution in [3.63, 3.8) is 0 Å². The molecule has 3 rings (SSSR count). The van der Waals surface area contributed by atoms with Crippen LogP contribution in [0.15, 0.2) is 24.3 Å². The van der Waals surface area contributed by atoms with E-state index < -0.39 is 11.4 Å². The topological polar surface area (TPSA) is 78.4 Å². The van der Waals surface area contributed by atoms with Crippen LogP contribution in [0.2, 0.25) is 0 Å². The minimum Gasteiger partial charge on any atom is -0.481 e. The highest BCUT2D eigenvalue weighted by Gasteiger charge is 2.45. The number of anilines is 1. The van der Waals surface area contributed by atoms with Crippen molar-refractivity contribution in [2.45, 2.75) is 25.2 Å². The average molecular weight is 274 g/mol. The van der Waals surface area contributed by atoms with Crippen LogP contribution in [-0.2, 0) is 9.59 Å². The van der Waals surface area contributed by atoms with E-state index in [-0.39, 0.29) is 18.4 Å². The van der Waals surface area contributed by atoms with Crippen molar-refractivity contribution >= 4 is 17.6 Å². The summed E-state index contributed by atoms with van der Waals surface area (Å²) in [7, 11) is 0. The summed E-state index contributed by atoms with van der Waals surface area (Å²) in [4.78, 5) is 23.5. The highest BCUT2D eigenvalue weighted by Crippen LogP contribution is 2.40. The predicted octanol–water partition coefficient (Wildman–Crippen LogP) is 1.57. The molecule has 1 aromatic carbocycles. The molecule has 0 aromatic heterocycles. The van der Waals surface area contributed by atoms with Gasteiger partial charge in [0.1, 0.15) is 0 Å². The number of carboxylic acid groups (broad SMARTS) is 1. The van der Waals surface area contributed by atoms with Crippen LogP contribution in [-0.4, -0.2) is 30.1 Å². The van der Waals surface area contributed by atoms with Crippen LogP contribution in [0.4, 0.5) is 5.69 Å². The zero-order chi connectivity index (χ0) is 14.2. The number of hydrogen-bond acceptors (Lipinski definition) is 3. The van der Waals surface area contributed by atoms with Crippen LogP contribution < -0.4 is 10.6 Å². The summed E-state index contributed by atoms with van der Waals surface area (Å²) in [5, 5.41) is 15.3. The van der Waals surface area contributed by atoms with E-state index in [2.05, 4.69) is 10.6 Å². The first-order valence-corrected chi connectivity index (χ1v) is 6.96. The lowest BCUT2D eigenvalue weighted by atomic mass is 9.68. The number of para-hydroxylation sites is 1. The Morgan fingerprint density at radius 2 is 2.10 bits per heavy atom.